The number of benzene rings is 1. The number of nitrogens with zero attached hydrogens (tertiary/aromatic N) is 2. The van der Waals surface area contributed by atoms with E-state index in [0.717, 1.165) is 5.82 Å². The van der Waals surface area contributed by atoms with Crippen LogP contribution in [0, 0.1) is 11.3 Å². The summed E-state index contributed by atoms with van der Waals surface area (Å²) in [4.78, 5) is 4.18. The van der Waals surface area contributed by atoms with E-state index in [2.05, 4.69) is 48.4 Å². The summed E-state index contributed by atoms with van der Waals surface area (Å²) in [5.74, 6) is 1.28. The molecule has 1 aromatic heterocycles. The minimum absolute atomic E-state index is 0.431. The minimum Gasteiger partial charge on any atom is -0.366 e. The van der Waals surface area contributed by atoms with Gasteiger partial charge in [-0.25, -0.2) is 4.98 Å². The van der Waals surface area contributed by atoms with Gasteiger partial charge in [0.15, 0.2) is 0 Å². The zero-order valence-corrected chi connectivity index (χ0v) is 11.2. The monoisotopic (exact) mass is 251 g/mol. The van der Waals surface area contributed by atoms with Crippen LogP contribution in [0.5, 0.6) is 0 Å². The highest BCUT2D eigenvalue weighted by molar-refractivity contribution is 5.39. The lowest BCUT2D eigenvalue weighted by atomic mass is 10.0. The summed E-state index contributed by atoms with van der Waals surface area (Å²) in [7, 11) is 0. The lowest BCUT2D eigenvalue weighted by Gasteiger charge is -2.08. The van der Waals surface area contributed by atoms with Gasteiger partial charge in [-0.15, -0.1) is 0 Å². The molecule has 1 N–H and O–H groups in total. The third kappa shape index (κ3) is 3.56. The van der Waals surface area contributed by atoms with Crippen LogP contribution in [0.2, 0.25) is 0 Å². The van der Waals surface area contributed by atoms with E-state index >= 15 is 0 Å². The Morgan fingerprint density at radius 3 is 2.53 bits per heavy atom. The Labute approximate surface area is 113 Å². The van der Waals surface area contributed by atoms with E-state index in [1.54, 1.807) is 6.07 Å². The predicted octanol–water partition coefficient (Wildman–Crippen LogP) is 3.69. The normalized spacial score (nSPS) is 10.2. The highest BCUT2D eigenvalue weighted by atomic mass is 15.0. The largest absolute Gasteiger partial charge is 0.366 e. The molecule has 0 atom stereocenters. The van der Waals surface area contributed by atoms with Crippen LogP contribution in [0.15, 0.2) is 42.5 Å². The van der Waals surface area contributed by atoms with Crippen molar-refractivity contribution in [2.24, 2.45) is 0 Å². The molecule has 0 fully saturated rings. The second kappa shape index (κ2) is 6.01. The lowest BCUT2D eigenvalue weighted by molar-refractivity contribution is 0.865. The van der Waals surface area contributed by atoms with Gasteiger partial charge in [-0.3, -0.25) is 0 Å². The third-order valence-corrected chi connectivity index (χ3v) is 2.98. The molecule has 2 rings (SSSR count). The SMILES string of the molecule is CC(C)c1ccc(CNc2cccc(C#N)n2)cc1. The summed E-state index contributed by atoms with van der Waals surface area (Å²) in [5.41, 5.74) is 2.97. The highest BCUT2D eigenvalue weighted by Crippen LogP contribution is 2.15. The number of pyridine rings is 1. The second-order valence-electron chi connectivity index (χ2n) is 4.77. The van der Waals surface area contributed by atoms with Crippen molar-refractivity contribution in [3.05, 3.63) is 59.3 Å². The molecule has 0 amide bonds. The smallest absolute Gasteiger partial charge is 0.142 e. The van der Waals surface area contributed by atoms with E-state index in [9.17, 15) is 0 Å². The summed E-state index contributed by atoms with van der Waals surface area (Å²) in [6, 6.07) is 16.0. The maximum absolute atomic E-state index is 8.79. The molecule has 0 radical (unpaired) electrons. The molecular weight excluding hydrogens is 234 g/mol. The highest BCUT2D eigenvalue weighted by Gasteiger charge is 2.00. The van der Waals surface area contributed by atoms with Crippen LogP contribution in [0.1, 0.15) is 36.6 Å². The molecule has 1 heterocycles. The standard InChI is InChI=1S/C16H17N3/c1-12(2)14-8-6-13(7-9-14)11-18-16-5-3-4-15(10-17)19-16/h3-9,12H,11H2,1-2H3,(H,18,19). The van der Waals surface area contributed by atoms with Crippen LogP contribution in [0.3, 0.4) is 0 Å². The van der Waals surface area contributed by atoms with Crippen LogP contribution in [-0.2, 0) is 6.54 Å². The molecule has 0 aliphatic heterocycles. The third-order valence-electron chi connectivity index (χ3n) is 2.98. The van der Waals surface area contributed by atoms with Crippen LogP contribution in [0.25, 0.3) is 0 Å². The van der Waals surface area contributed by atoms with Crippen LogP contribution < -0.4 is 5.32 Å². The molecule has 0 aliphatic rings. The van der Waals surface area contributed by atoms with Crippen molar-refractivity contribution in [1.82, 2.24) is 4.98 Å². The molecule has 0 spiro atoms. The van der Waals surface area contributed by atoms with Crippen molar-refractivity contribution in [3.8, 4) is 6.07 Å². The van der Waals surface area contributed by atoms with Gasteiger partial charge in [-0.2, -0.15) is 5.26 Å². The molecule has 0 saturated heterocycles. The first kappa shape index (κ1) is 13.1. The zero-order valence-electron chi connectivity index (χ0n) is 11.2. The Morgan fingerprint density at radius 1 is 1.16 bits per heavy atom. The van der Waals surface area contributed by atoms with E-state index in [-0.39, 0.29) is 0 Å². The Kier molecular flexibility index (Phi) is 4.15. The Hall–Kier alpha value is -2.34. The van der Waals surface area contributed by atoms with Gasteiger partial charge in [-0.05, 0) is 29.2 Å². The number of nitriles is 1. The summed E-state index contributed by atoms with van der Waals surface area (Å²) >= 11 is 0. The first-order valence-electron chi connectivity index (χ1n) is 6.39. The van der Waals surface area contributed by atoms with Crippen molar-refractivity contribution in [3.63, 3.8) is 0 Å². The number of hydrogen-bond donors (Lipinski definition) is 1. The topological polar surface area (TPSA) is 48.7 Å². The molecule has 1 aromatic carbocycles. The fraction of sp³-hybridized carbons (Fsp3) is 0.250. The molecule has 2 aromatic rings. The van der Waals surface area contributed by atoms with E-state index in [4.69, 9.17) is 5.26 Å². The molecule has 0 aliphatic carbocycles. The first-order valence-corrected chi connectivity index (χ1v) is 6.39. The summed E-state index contributed by atoms with van der Waals surface area (Å²) in [6.45, 7) is 5.08. The summed E-state index contributed by atoms with van der Waals surface area (Å²) in [6.07, 6.45) is 0. The lowest BCUT2D eigenvalue weighted by Crippen LogP contribution is -2.02. The van der Waals surface area contributed by atoms with Gasteiger partial charge >= 0.3 is 0 Å². The van der Waals surface area contributed by atoms with E-state index in [1.165, 1.54) is 11.1 Å². The maximum Gasteiger partial charge on any atom is 0.142 e. The van der Waals surface area contributed by atoms with Crippen LogP contribution in [0.4, 0.5) is 5.82 Å². The molecule has 0 saturated carbocycles. The molecule has 19 heavy (non-hydrogen) atoms. The average Bonchev–Trinajstić information content (AvgIpc) is 2.46. The molecular formula is C16H17N3. The van der Waals surface area contributed by atoms with Crippen molar-refractivity contribution < 1.29 is 0 Å². The van der Waals surface area contributed by atoms with Crippen molar-refractivity contribution in [2.45, 2.75) is 26.3 Å². The van der Waals surface area contributed by atoms with Crippen molar-refractivity contribution >= 4 is 5.82 Å². The average molecular weight is 251 g/mol. The van der Waals surface area contributed by atoms with Crippen LogP contribution >= 0.6 is 0 Å². The number of anilines is 1. The molecule has 0 unspecified atom stereocenters. The summed E-state index contributed by atoms with van der Waals surface area (Å²) < 4.78 is 0. The van der Waals surface area contributed by atoms with E-state index in [0.29, 0.717) is 18.2 Å². The summed E-state index contributed by atoms with van der Waals surface area (Å²) in [5, 5.41) is 12.0. The van der Waals surface area contributed by atoms with E-state index < -0.39 is 0 Å². The minimum atomic E-state index is 0.431. The fourth-order valence-electron chi connectivity index (χ4n) is 1.81. The molecule has 3 nitrogen and oxygen atoms in total. The van der Waals surface area contributed by atoms with Gasteiger partial charge in [0.05, 0.1) is 0 Å². The number of nitrogens with one attached hydrogen (secondary N) is 1. The van der Waals surface area contributed by atoms with Gasteiger partial charge < -0.3 is 5.32 Å². The number of aromatic nitrogens is 1. The number of rotatable bonds is 4. The van der Waals surface area contributed by atoms with Gasteiger partial charge in [0.1, 0.15) is 17.6 Å². The quantitative estimate of drug-likeness (QED) is 0.901. The van der Waals surface area contributed by atoms with Gasteiger partial charge in [0.2, 0.25) is 0 Å². The molecule has 3 heteroatoms. The Morgan fingerprint density at radius 2 is 1.89 bits per heavy atom. The first-order chi connectivity index (χ1) is 9.19. The molecule has 96 valence electrons. The maximum atomic E-state index is 8.79. The van der Waals surface area contributed by atoms with Gasteiger partial charge in [-0.1, -0.05) is 44.2 Å². The van der Waals surface area contributed by atoms with Gasteiger partial charge in [0.25, 0.3) is 0 Å². The molecule has 0 bridgehead atoms. The van der Waals surface area contributed by atoms with Crippen molar-refractivity contribution in [1.29, 1.82) is 5.26 Å². The number of hydrogen-bond acceptors (Lipinski definition) is 3. The Balaban J connectivity index is 2.00. The second-order valence-corrected chi connectivity index (χ2v) is 4.77. The van der Waals surface area contributed by atoms with E-state index in [1.807, 2.05) is 18.2 Å². The predicted molar refractivity (Wildman–Crippen MR) is 76.8 cm³/mol. The Bertz CT molecular complexity index is 580. The van der Waals surface area contributed by atoms with Gasteiger partial charge in [0, 0.05) is 6.54 Å². The van der Waals surface area contributed by atoms with Crippen molar-refractivity contribution in [2.75, 3.05) is 5.32 Å². The fourth-order valence-corrected chi connectivity index (χ4v) is 1.81. The zero-order chi connectivity index (χ0) is 13.7. The van der Waals surface area contributed by atoms with Crippen LogP contribution in [-0.4, -0.2) is 4.98 Å².